The standard InChI is InChI=1S/C34H44BrN5O6/c1-8-18-45-34(7)14-16-39(17-15-34)31-28(29(32(43)44-9-2)46-33(4,5)6)22(3)37-27-20-26(38-40(27)31)30(42)36-21-24(41)19-23-12-10-11-13-25(23)35/h8,10-13,20,29H,1,9,14-19,21H2,2-7H3,(H,36,42)/t29-/m0/s1. The molecule has 2 aromatic heterocycles. The fourth-order valence-electron chi connectivity index (χ4n) is 5.42. The number of amides is 1. The average molecular weight is 699 g/mol. The van der Waals surface area contributed by atoms with Gasteiger partial charge in [0.1, 0.15) is 5.82 Å². The van der Waals surface area contributed by atoms with Crippen LogP contribution in [0.2, 0.25) is 0 Å². The van der Waals surface area contributed by atoms with E-state index >= 15 is 0 Å². The van der Waals surface area contributed by atoms with Gasteiger partial charge >= 0.3 is 5.97 Å². The number of benzene rings is 1. The SMILES string of the molecule is C=CCOC1(C)CCN(c2c([C@H](OC(C)(C)C)C(=O)OCC)c(C)nc3cc(C(=O)NCC(=O)Cc4ccccc4Br)nn23)CC1. The third kappa shape index (κ3) is 8.59. The highest BCUT2D eigenvalue weighted by Crippen LogP contribution is 2.38. The molecule has 1 aromatic carbocycles. The topological polar surface area (TPSA) is 124 Å². The zero-order valence-corrected chi connectivity index (χ0v) is 29.1. The van der Waals surface area contributed by atoms with E-state index in [1.165, 1.54) is 0 Å². The number of piperidine rings is 1. The van der Waals surface area contributed by atoms with Crippen LogP contribution in [0.15, 0.2) is 47.5 Å². The number of aryl methyl sites for hydroxylation is 1. The Morgan fingerprint density at radius 1 is 1.20 bits per heavy atom. The van der Waals surface area contributed by atoms with Gasteiger partial charge in [0.15, 0.2) is 23.2 Å². The van der Waals surface area contributed by atoms with E-state index in [1.54, 1.807) is 23.6 Å². The molecule has 12 heteroatoms. The Balaban J connectivity index is 1.71. The van der Waals surface area contributed by atoms with Gasteiger partial charge in [0, 0.05) is 35.7 Å². The molecule has 3 aromatic rings. The van der Waals surface area contributed by atoms with Crippen LogP contribution >= 0.6 is 15.9 Å². The van der Waals surface area contributed by atoms with Gasteiger partial charge in [-0.15, -0.1) is 6.58 Å². The van der Waals surface area contributed by atoms with Gasteiger partial charge < -0.3 is 24.4 Å². The highest BCUT2D eigenvalue weighted by Gasteiger charge is 2.38. The second-order valence-corrected chi connectivity index (χ2v) is 13.5. The number of carbonyl (C=O) groups excluding carboxylic acids is 3. The molecule has 0 radical (unpaired) electrons. The molecule has 1 fully saturated rings. The lowest BCUT2D eigenvalue weighted by Gasteiger charge is -2.41. The number of aromatic nitrogens is 3. The average Bonchev–Trinajstić information content (AvgIpc) is 3.42. The summed E-state index contributed by atoms with van der Waals surface area (Å²) in [5.41, 5.74) is 1.41. The number of hydrogen-bond acceptors (Lipinski definition) is 9. The van der Waals surface area contributed by atoms with Gasteiger partial charge in [-0.2, -0.15) is 9.61 Å². The molecule has 11 nitrogen and oxygen atoms in total. The first kappa shape index (κ1) is 35.2. The zero-order chi connectivity index (χ0) is 33.6. The number of nitrogens with zero attached hydrogens (tertiary/aromatic N) is 4. The highest BCUT2D eigenvalue weighted by atomic mass is 79.9. The van der Waals surface area contributed by atoms with Crippen LogP contribution in [0.1, 0.15) is 80.9 Å². The lowest BCUT2D eigenvalue weighted by Crippen LogP contribution is -2.45. The van der Waals surface area contributed by atoms with Crippen molar-refractivity contribution in [1.82, 2.24) is 19.9 Å². The third-order valence-electron chi connectivity index (χ3n) is 7.73. The smallest absolute Gasteiger partial charge is 0.340 e. The summed E-state index contributed by atoms with van der Waals surface area (Å²) in [7, 11) is 0. The van der Waals surface area contributed by atoms with E-state index in [0.29, 0.717) is 55.3 Å². The third-order valence-corrected chi connectivity index (χ3v) is 8.51. The molecule has 1 N–H and O–H groups in total. The van der Waals surface area contributed by atoms with Crippen molar-refractivity contribution in [3.05, 3.63) is 70.0 Å². The molecule has 1 atom stereocenters. The maximum Gasteiger partial charge on any atom is 0.340 e. The molecular formula is C34H44BrN5O6. The van der Waals surface area contributed by atoms with Crippen LogP contribution in [0.25, 0.3) is 5.65 Å². The van der Waals surface area contributed by atoms with Crippen LogP contribution < -0.4 is 10.2 Å². The minimum absolute atomic E-state index is 0.0968. The van der Waals surface area contributed by atoms with Crippen molar-refractivity contribution in [1.29, 1.82) is 0 Å². The summed E-state index contributed by atoms with van der Waals surface area (Å²) in [5, 5.41) is 7.37. The fraction of sp³-hybridized carbons (Fsp3) is 0.500. The van der Waals surface area contributed by atoms with Crippen molar-refractivity contribution in [3.8, 4) is 0 Å². The molecule has 1 aliphatic rings. The highest BCUT2D eigenvalue weighted by molar-refractivity contribution is 9.10. The van der Waals surface area contributed by atoms with Crippen LogP contribution in [-0.4, -0.2) is 76.3 Å². The number of anilines is 1. The molecule has 1 aliphatic heterocycles. The number of ether oxygens (including phenoxy) is 3. The first-order chi connectivity index (χ1) is 21.7. The molecule has 0 spiro atoms. The molecule has 0 bridgehead atoms. The Morgan fingerprint density at radius 3 is 2.52 bits per heavy atom. The Kier molecular flexibility index (Phi) is 11.4. The van der Waals surface area contributed by atoms with Gasteiger partial charge in [-0.3, -0.25) is 9.59 Å². The molecule has 46 heavy (non-hydrogen) atoms. The molecule has 0 aliphatic carbocycles. The Bertz CT molecular complexity index is 1590. The van der Waals surface area contributed by atoms with E-state index in [4.69, 9.17) is 19.2 Å². The Labute approximate surface area is 278 Å². The predicted octanol–water partition coefficient (Wildman–Crippen LogP) is 5.32. The number of ketones is 1. The lowest BCUT2D eigenvalue weighted by atomic mass is 9.92. The minimum Gasteiger partial charge on any atom is -0.464 e. The number of esters is 1. The van der Waals surface area contributed by atoms with Gasteiger partial charge in [-0.05, 0) is 66.0 Å². The molecule has 3 heterocycles. The van der Waals surface area contributed by atoms with Crippen LogP contribution in [0.3, 0.4) is 0 Å². The molecule has 0 unspecified atom stereocenters. The second kappa shape index (κ2) is 14.9. The van der Waals surface area contributed by atoms with Crippen molar-refractivity contribution >= 4 is 45.1 Å². The first-order valence-electron chi connectivity index (χ1n) is 15.5. The normalized spacial score (nSPS) is 15.4. The summed E-state index contributed by atoms with van der Waals surface area (Å²) >= 11 is 3.46. The molecular weight excluding hydrogens is 654 g/mol. The number of rotatable bonds is 13. The van der Waals surface area contributed by atoms with Crippen LogP contribution in [0.4, 0.5) is 5.82 Å². The van der Waals surface area contributed by atoms with Gasteiger partial charge in [-0.25, -0.2) is 9.78 Å². The molecule has 0 saturated carbocycles. The van der Waals surface area contributed by atoms with Crippen molar-refractivity contribution < 1.29 is 28.6 Å². The number of Topliss-reactive ketones (excluding diaryl/α,β-unsaturated/α-hetero) is 1. The van der Waals surface area contributed by atoms with Gasteiger partial charge in [0.05, 0.1) is 36.5 Å². The van der Waals surface area contributed by atoms with Crippen molar-refractivity contribution in [2.45, 2.75) is 78.1 Å². The molecule has 1 amide bonds. The van der Waals surface area contributed by atoms with E-state index < -0.39 is 23.6 Å². The van der Waals surface area contributed by atoms with E-state index in [1.807, 2.05) is 52.0 Å². The minimum atomic E-state index is -1.09. The largest absolute Gasteiger partial charge is 0.464 e. The number of carbonyl (C=O) groups is 3. The van der Waals surface area contributed by atoms with Crippen molar-refractivity contribution in [3.63, 3.8) is 0 Å². The molecule has 1 saturated heterocycles. The lowest BCUT2D eigenvalue weighted by molar-refractivity contribution is -0.167. The second-order valence-electron chi connectivity index (χ2n) is 12.6. The Morgan fingerprint density at radius 2 is 1.89 bits per heavy atom. The van der Waals surface area contributed by atoms with E-state index in [-0.39, 0.29) is 36.7 Å². The summed E-state index contributed by atoms with van der Waals surface area (Å²) in [6.07, 6.45) is 2.25. The summed E-state index contributed by atoms with van der Waals surface area (Å²) in [6.45, 7) is 16.7. The molecule has 4 rings (SSSR count). The fourth-order valence-corrected chi connectivity index (χ4v) is 5.84. The predicted molar refractivity (Wildman–Crippen MR) is 179 cm³/mol. The number of nitrogens with one attached hydrogen (secondary N) is 1. The van der Waals surface area contributed by atoms with Gasteiger partial charge in [0.25, 0.3) is 5.91 Å². The van der Waals surface area contributed by atoms with Crippen molar-refractivity contribution in [2.24, 2.45) is 0 Å². The molecule has 248 valence electrons. The summed E-state index contributed by atoms with van der Waals surface area (Å²) in [4.78, 5) is 46.3. The number of halogens is 1. The van der Waals surface area contributed by atoms with Crippen LogP contribution in [-0.2, 0) is 30.2 Å². The van der Waals surface area contributed by atoms with E-state index in [9.17, 15) is 14.4 Å². The maximum absolute atomic E-state index is 13.4. The van der Waals surface area contributed by atoms with Crippen molar-refractivity contribution in [2.75, 3.05) is 37.7 Å². The van der Waals surface area contributed by atoms with Crippen LogP contribution in [0.5, 0.6) is 0 Å². The Hall–Kier alpha value is -3.61. The van der Waals surface area contributed by atoms with E-state index in [0.717, 1.165) is 10.0 Å². The van der Waals surface area contributed by atoms with Crippen LogP contribution in [0, 0.1) is 6.92 Å². The maximum atomic E-state index is 13.4. The first-order valence-corrected chi connectivity index (χ1v) is 16.3. The summed E-state index contributed by atoms with van der Waals surface area (Å²) in [6, 6.07) is 9.05. The number of hydrogen-bond donors (Lipinski definition) is 1. The number of fused-ring (bicyclic) bond motifs is 1. The monoisotopic (exact) mass is 697 g/mol. The van der Waals surface area contributed by atoms with Gasteiger partial charge in [0.2, 0.25) is 0 Å². The summed E-state index contributed by atoms with van der Waals surface area (Å²) in [5.74, 6) is -0.590. The quantitative estimate of drug-likeness (QED) is 0.187. The van der Waals surface area contributed by atoms with Gasteiger partial charge in [-0.1, -0.05) is 40.2 Å². The summed E-state index contributed by atoms with van der Waals surface area (Å²) < 4.78 is 20.3. The van der Waals surface area contributed by atoms with E-state index in [2.05, 4.69) is 44.7 Å². The zero-order valence-electron chi connectivity index (χ0n) is 27.5.